The molecule has 2 heterocycles. The fourth-order valence-electron chi connectivity index (χ4n) is 2.63. The third-order valence-corrected chi connectivity index (χ3v) is 3.73. The average Bonchev–Trinajstić information content (AvgIpc) is 3.11. The normalized spacial score (nSPS) is 11.1. The molecular formula is C16H20N4O. The van der Waals surface area contributed by atoms with Crippen molar-refractivity contribution in [3.05, 3.63) is 47.7 Å². The van der Waals surface area contributed by atoms with E-state index < -0.39 is 0 Å². The summed E-state index contributed by atoms with van der Waals surface area (Å²) in [6, 6.07) is 6.15. The summed E-state index contributed by atoms with van der Waals surface area (Å²) in [7, 11) is 1.70. The molecular weight excluding hydrogens is 264 g/mol. The highest BCUT2D eigenvalue weighted by molar-refractivity contribution is 5.86. The molecule has 21 heavy (non-hydrogen) atoms. The van der Waals surface area contributed by atoms with Crippen molar-refractivity contribution in [3.63, 3.8) is 0 Å². The second kappa shape index (κ2) is 6.01. The Labute approximate surface area is 123 Å². The summed E-state index contributed by atoms with van der Waals surface area (Å²) < 4.78 is 5.32. The van der Waals surface area contributed by atoms with Gasteiger partial charge in [0.15, 0.2) is 0 Å². The van der Waals surface area contributed by atoms with Crippen LogP contribution in [-0.4, -0.2) is 28.6 Å². The quantitative estimate of drug-likeness (QED) is 0.609. The van der Waals surface area contributed by atoms with Crippen molar-refractivity contribution in [2.75, 3.05) is 13.7 Å². The molecule has 3 N–H and O–H groups in total. The molecule has 5 nitrogen and oxygen atoms in total. The highest BCUT2D eigenvalue weighted by Crippen LogP contribution is 2.26. The van der Waals surface area contributed by atoms with Crippen molar-refractivity contribution in [2.24, 2.45) is 0 Å². The molecule has 0 atom stereocenters. The number of benzene rings is 1. The molecule has 0 radical (unpaired) electrons. The van der Waals surface area contributed by atoms with E-state index in [9.17, 15) is 0 Å². The maximum Gasteiger partial charge on any atom is 0.120 e. The Hall–Kier alpha value is -2.27. The molecule has 0 aliphatic carbocycles. The number of ether oxygens (including phenoxy) is 1. The van der Waals surface area contributed by atoms with E-state index in [0.717, 1.165) is 36.6 Å². The summed E-state index contributed by atoms with van der Waals surface area (Å²) >= 11 is 0. The first-order valence-corrected chi connectivity index (χ1v) is 7.12. The van der Waals surface area contributed by atoms with E-state index in [-0.39, 0.29) is 0 Å². The molecule has 0 spiro atoms. The zero-order valence-electron chi connectivity index (χ0n) is 12.4. The molecule has 2 aromatic heterocycles. The number of nitrogens with zero attached hydrogens (tertiary/aromatic N) is 1. The summed E-state index contributed by atoms with van der Waals surface area (Å²) in [5.74, 6) is 1.86. The van der Waals surface area contributed by atoms with Gasteiger partial charge in [-0.2, -0.15) is 0 Å². The Balaban J connectivity index is 1.69. The summed E-state index contributed by atoms with van der Waals surface area (Å²) in [5.41, 5.74) is 3.73. The maximum absolute atomic E-state index is 5.32. The van der Waals surface area contributed by atoms with Gasteiger partial charge < -0.3 is 20.0 Å². The van der Waals surface area contributed by atoms with Gasteiger partial charge in [-0.25, -0.2) is 4.98 Å². The van der Waals surface area contributed by atoms with Gasteiger partial charge in [-0.3, -0.25) is 0 Å². The average molecular weight is 284 g/mol. The lowest BCUT2D eigenvalue weighted by Crippen LogP contribution is -2.17. The van der Waals surface area contributed by atoms with Crippen LogP contribution in [0.2, 0.25) is 0 Å². The molecule has 0 fully saturated rings. The monoisotopic (exact) mass is 284 g/mol. The van der Waals surface area contributed by atoms with E-state index in [1.807, 2.05) is 12.3 Å². The Morgan fingerprint density at radius 3 is 3.00 bits per heavy atom. The third-order valence-electron chi connectivity index (χ3n) is 3.73. The van der Waals surface area contributed by atoms with Gasteiger partial charge in [-0.05, 0) is 43.7 Å². The first-order valence-electron chi connectivity index (χ1n) is 7.12. The van der Waals surface area contributed by atoms with E-state index in [0.29, 0.717) is 0 Å². The van der Waals surface area contributed by atoms with Crippen LogP contribution in [0.4, 0.5) is 0 Å². The van der Waals surface area contributed by atoms with E-state index in [1.165, 1.54) is 16.6 Å². The van der Waals surface area contributed by atoms with Gasteiger partial charge in [0.25, 0.3) is 0 Å². The Morgan fingerprint density at radius 2 is 2.24 bits per heavy atom. The van der Waals surface area contributed by atoms with Crippen LogP contribution in [0.1, 0.15) is 17.1 Å². The second-order valence-corrected chi connectivity index (χ2v) is 5.10. The van der Waals surface area contributed by atoms with E-state index in [4.69, 9.17) is 4.74 Å². The summed E-state index contributed by atoms with van der Waals surface area (Å²) in [6.07, 6.45) is 4.58. The van der Waals surface area contributed by atoms with Crippen LogP contribution >= 0.6 is 0 Å². The number of nitrogens with one attached hydrogen (secondary N) is 3. The third kappa shape index (κ3) is 2.92. The van der Waals surface area contributed by atoms with Gasteiger partial charge in [0.2, 0.25) is 0 Å². The van der Waals surface area contributed by atoms with Gasteiger partial charge in [-0.1, -0.05) is 0 Å². The van der Waals surface area contributed by atoms with Crippen LogP contribution in [0.5, 0.6) is 5.75 Å². The van der Waals surface area contributed by atoms with Crippen LogP contribution in [0.25, 0.3) is 10.9 Å². The molecule has 0 unspecified atom stereocenters. The van der Waals surface area contributed by atoms with Gasteiger partial charge in [-0.15, -0.1) is 0 Å². The van der Waals surface area contributed by atoms with Gasteiger partial charge >= 0.3 is 0 Å². The van der Waals surface area contributed by atoms with Crippen LogP contribution in [0.15, 0.2) is 30.6 Å². The molecule has 0 aliphatic heterocycles. The minimum absolute atomic E-state index is 0.762. The lowest BCUT2D eigenvalue weighted by atomic mass is 10.1. The highest BCUT2D eigenvalue weighted by Gasteiger charge is 2.09. The lowest BCUT2D eigenvalue weighted by molar-refractivity contribution is 0.415. The fraction of sp³-hybridized carbons (Fsp3) is 0.312. The molecule has 1 aromatic carbocycles. The topological polar surface area (TPSA) is 65.7 Å². The molecule has 3 aromatic rings. The highest BCUT2D eigenvalue weighted by atomic mass is 16.5. The van der Waals surface area contributed by atoms with Gasteiger partial charge in [0.05, 0.1) is 13.7 Å². The maximum atomic E-state index is 5.32. The minimum atomic E-state index is 0.762. The molecule has 0 saturated carbocycles. The van der Waals surface area contributed by atoms with E-state index in [2.05, 4.69) is 39.3 Å². The standard InChI is InChI=1S/C16H20N4O/c1-11-13(5-6-17-10-16-18-7-8-19-16)14-9-12(21-2)3-4-15(14)20-11/h3-4,7-9,17,20H,5-6,10H2,1-2H3,(H,18,19). The zero-order chi connectivity index (χ0) is 14.7. The number of hydrogen-bond acceptors (Lipinski definition) is 3. The molecule has 0 bridgehead atoms. The first kappa shape index (κ1) is 13.7. The number of aromatic amines is 2. The SMILES string of the molecule is COc1ccc2[nH]c(C)c(CCNCc3ncc[nH]3)c2c1. The smallest absolute Gasteiger partial charge is 0.120 e. The molecule has 0 amide bonds. The summed E-state index contributed by atoms with van der Waals surface area (Å²) in [6.45, 7) is 3.79. The number of H-pyrrole nitrogens is 2. The zero-order valence-corrected chi connectivity index (χ0v) is 12.4. The largest absolute Gasteiger partial charge is 0.497 e. The number of hydrogen-bond donors (Lipinski definition) is 3. The Morgan fingerprint density at radius 1 is 1.33 bits per heavy atom. The van der Waals surface area contributed by atoms with Crippen molar-refractivity contribution >= 4 is 10.9 Å². The predicted octanol–water partition coefficient (Wildman–Crippen LogP) is 2.54. The number of methoxy groups -OCH3 is 1. The number of fused-ring (bicyclic) bond motifs is 1. The van der Waals surface area contributed by atoms with E-state index >= 15 is 0 Å². The molecule has 3 rings (SSSR count). The number of rotatable bonds is 6. The van der Waals surface area contributed by atoms with Crippen molar-refractivity contribution in [1.29, 1.82) is 0 Å². The molecule has 0 aliphatic rings. The molecule has 110 valence electrons. The Kier molecular flexibility index (Phi) is 3.92. The second-order valence-electron chi connectivity index (χ2n) is 5.10. The molecule has 5 heteroatoms. The predicted molar refractivity (Wildman–Crippen MR) is 83.6 cm³/mol. The van der Waals surface area contributed by atoms with Crippen LogP contribution < -0.4 is 10.1 Å². The van der Waals surface area contributed by atoms with E-state index in [1.54, 1.807) is 13.3 Å². The number of imidazole rings is 1. The number of aryl methyl sites for hydroxylation is 1. The fourth-order valence-corrected chi connectivity index (χ4v) is 2.63. The minimum Gasteiger partial charge on any atom is -0.497 e. The summed E-state index contributed by atoms with van der Waals surface area (Å²) in [5, 5.41) is 4.65. The van der Waals surface area contributed by atoms with Gasteiger partial charge in [0.1, 0.15) is 11.6 Å². The molecule has 0 saturated heterocycles. The van der Waals surface area contributed by atoms with Crippen LogP contribution in [0, 0.1) is 6.92 Å². The van der Waals surface area contributed by atoms with Crippen LogP contribution in [-0.2, 0) is 13.0 Å². The van der Waals surface area contributed by atoms with Crippen LogP contribution in [0.3, 0.4) is 0 Å². The van der Waals surface area contributed by atoms with Crippen molar-refractivity contribution in [3.8, 4) is 5.75 Å². The van der Waals surface area contributed by atoms with Crippen molar-refractivity contribution < 1.29 is 4.74 Å². The van der Waals surface area contributed by atoms with Crippen molar-refractivity contribution in [2.45, 2.75) is 19.9 Å². The van der Waals surface area contributed by atoms with Gasteiger partial charge in [0, 0.05) is 29.0 Å². The number of aromatic nitrogens is 3. The summed E-state index contributed by atoms with van der Waals surface area (Å²) in [4.78, 5) is 10.7. The lowest BCUT2D eigenvalue weighted by Gasteiger charge is -2.05. The Bertz CT molecular complexity index is 715. The first-order chi connectivity index (χ1) is 10.3. The van der Waals surface area contributed by atoms with Crippen molar-refractivity contribution in [1.82, 2.24) is 20.3 Å².